The number of nitrogens with zero attached hydrogens (tertiary/aromatic N) is 2. The Morgan fingerprint density at radius 3 is 2.95 bits per heavy atom. The molecule has 0 atom stereocenters. The van der Waals surface area contributed by atoms with Crippen molar-refractivity contribution >= 4 is 32.5 Å². The summed E-state index contributed by atoms with van der Waals surface area (Å²) in [5.74, 6) is -0.226. The Kier molecular flexibility index (Phi) is 2.79. The highest BCUT2D eigenvalue weighted by molar-refractivity contribution is 7.18. The number of aryl methyl sites for hydroxylation is 1. The summed E-state index contributed by atoms with van der Waals surface area (Å²) < 4.78 is 16.6. The van der Waals surface area contributed by atoms with Gasteiger partial charge in [-0.25, -0.2) is 9.37 Å². The van der Waals surface area contributed by atoms with Crippen LogP contribution in [0.4, 0.5) is 4.39 Å². The number of fused-ring (bicyclic) bond motifs is 2. The van der Waals surface area contributed by atoms with Crippen LogP contribution in [0.15, 0.2) is 42.5 Å². The lowest BCUT2D eigenvalue weighted by Crippen LogP contribution is -2.00. The first kappa shape index (κ1) is 12.5. The fourth-order valence-corrected chi connectivity index (χ4v) is 3.57. The molecule has 0 aliphatic carbocycles. The molecule has 4 heteroatoms. The molecule has 0 spiro atoms. The number of hydrogen-bond donors (Lipinski definition) is 0. The second-order valence-corrected chi connectivity index (χ2v) is 6.15. The zero-order chi connectivity index (χ0) is 14.4. The summed E-state index contributed by atoms with van der Waals surface area (Å²) in [6.45, 7) is 2.68. The molecule has 0 unspecified atom stereocenters. The second-order valence-electron chi connectivity index (χ2n) is 5.03. The number of rotatable bonds is 2. The number of benzene rings is 2. The van der Waals surface area contributed by atoms with Gasteiger partial charge >= 0.3 is 0 Å². The minimum absolute atomic E-state index is 0.226. The molecule has 0 saturated heterocycles. The maximum absolute atomic E-state index is 13.3. The van der Waals surface area contributed by atoms with E-state index in [1.165, 1.54) is 16.8 Å². The van der Waals surface area contributed by atoms with Gasteiger partial charge in [-0.05, 0) is 37.3 Å². The van der Waals surface area contributed by atoms with Crippen molar-refractivity contribution in [2.45, 2.75) is 13.5 Å². The van der Waals surface area contributed by atoms with Crippen molar-refractivity contribution < 1.29 is 4.39 Å². The van der Waals surface area contributed by atoms with Crippen molar-refractivity contribution in [2.75, 3.05) is 0 Å². The van der Waals surface area contributed by atoms with Crippen LogP contribution in [0.5, 0.6) is 0 Å². The van der Waals surface area contributed by atoms with Crippen molar-refractivity contribution in [1.82, 2.24) is 9.55 Å². The van der Waals surface area contributed by atoms with E-state index in [4.69, 9.17) is 0 Å². The standard InChI is InChI=1S/C17H12FN2S/c1-11-8-12-9-13(18)6-7-15(12)20(11)10-17-19-14-4-2-3-5-16(14)21-17/h2-7,9H,10H2,1H3. The summed E-state index contributed by atoms with van der Waals surface area (Å²) in [5.41, 5.74) is 3.02. The molecule has 0 N–H and O–H groups in total. The van der Waals surface area contributed by atoms with Gasteiger partial charge in [0.2, 0.25) is 0 Å². The molecular formula is C17H12FN2S. The van der Waals surface area contributed by atoms with Crippen molar-refractivity contribution in [2.24, 2.45) is 0 Å². The fraction of sp³-hybridized carbons (Fsp3) is 0.118. The number of para-hydroxylation sites is 1. The molecule has 1 radical (unpaired) electrons. The van der Waals surface area contributed by atoms with Gasteiger partial charge in [0.15, 0.2) is 0 Å². The van der Waals surface area contributed by atoms with Crippen LogP contribution in [0.3, 0.4) is 0 Å². The summed E-state index contributed by atoms with van der Waals surface area (Å²) in [6.07, 6.45) is 0. The number of aromatic nitrogens is 2. The fourth-order valence-electron chi connectivity index (χ4n) is 2.61. The van der Waals surface area contributed by atoms with Crippen molar-refractivity contribution in [1.29, 1.82) is 0 Å². The highest BCUT2D eigenvalue weighted by Gasteiger charge is 2.10. The molecule has 2 heterocycles. The quantitative estimate of drug-likeness (QED) is 0.530. The molecule has 4 rings (SSSR count). The van der Waals surface area contributed by atoms with Gasteiger partial charge in [-0.3, -0.25) is 0 Å². The van der Waals surface area contributed by atoms with Gasteiger partial charge in [0, 0.05) is 22.7 Å². The molecule has 0 fully saturated rings. The highest BCUT2D eigenvalue weighted by atomic mass is 32.1. The van der Waals surface area contributed by atoms with Gasteiger partial charge in [-0.2, -0.15) is 0 Å². The molecule has 0 amide bonds. The van der Waals surface area contributed by atoms with Crippen LogP contribution in [0.25, 0.3) is 21.1 Å². The Hall–Kier alpha value is -2.20. The average molecular weight is 295 g/mol. The van der Waals surface area contributed by atoms with Gasteiger partial charge in [0.1, 0.15) is 10.8 Å². The molecular weight excluding hydrogens is 283 g/mol. The van der Waals surface area contributed by atoms with Gasteiger partial charge in [-0.15, -0.1) is 11.3 Å². The Morgan fingerprint density at radius 2 is 2.10 bits per heavy atom. The van der Waals surface area contributed by atoms with Crippen LogP contribution in [-0.2, 0) is 6.54 Å². The maximum Gasteiger partial charge on any atom is 0.123 e. The molecule has 0 aliphatic heterocycles. The third-order valence-electron chi connectivity index (χ3n) is 3.60. The Bertz CT molecular complexity index is 919. The number of thiazole rings is 1. The monoisotopic (exact) mass is 295 g/mol. The van der Waals surface area contributed by atoms with E-state index in [1.54, 1.807) is 11.3 Å². The van der Waals surface area contributed by atoms with Crippen LogP contribution in [0, 0.1) is 18.8 Å². The summed E-state index contributed by atoms with van der Waals surface area (Å²) in [6, 6.07) is 16.2. The lowest BCUT2D eigenvalue weighted by molar-refractivity contribution is 0.629. The van der Waals surface area contributed by atoms with E-state index >= 15 is 0 Å². The van der Waals surface area contributed by atoms with E-state index in [-0.39, 0.29) is 5.82 Å². The lowest BCUT2D eigenvalue weighted by atomic mass is 10.2. The molecule has 103 valence electrons. The maximum atomic E-state index is 13.3. The van der Waals surface area contributed by atoms with Crippen molar-refractivity contribution in [3.8, 4) is 0 Å². The largest absolute Gasteiger partial charge is 0.337 e. The van der Waals surface area contributed by atoms with Gasteiger partial charge < -0.3 is 4.57 Å². The molecule has 2 aromatic carbocycles. The van der Waals surface area contributed by atoms with E-state index in [2.05, 4.69) is 21.7 Å². The van der Waals surface area contributed by atoms with E-state index in [9.17, 15) is 4.39 Å². The van der Waals surface area contributed by atoms with Crippen molar-refractivity contribution in [3.63, 3.8) is 0 Å². The molecule has 2 aromatic heterocycles. The summed E-state index contributed by atoms with van der Waals surface area (Å²) >= 11 is 1.70. The SMILES string of the molecule is Cc1[c]c2cc(F)ccc2n1Cc1nc2ccccc2s1. The molecule has 0 aliphatic rings. The Morgan fingerprint density at radius 1 is 1.24 bits per heavy atom. The molecule has 0 bridgehead atoms. The predicted molar refractivity (Wildman–Crippen MR) is 84.2 cm³/mol. The third kappa shape index (κ3) is 2.12. The zero-order valence-corrected chi connectivity index (χ0v) is 12.2. The highest BCUT2D eigenvalue weighted by Crippen LogP contribution is 2.25. The molecule has 0 saturated carbocycles. The van der Waals surface area contributed by atoms with E-state index in [1.807, 2.05) is 31.2 Å². The van der Waals surface area contributed by atoms with Crippen LogP contribution < -0.4 is 0 Å². The van der Waals surface area contributed by atoms with Crippen LogP contribution in [-0.4, -0.2) is 9.55 Å². The van der Waals surface area contributed by atoms with Crippen LogP contribution >= 0.6 is 11.3 Å². The lowest BCUT2D eigenvalue weighted by Gasteiger charge is -2.05. The van der Waals surface area contributed by atoms with Gasteiger partial charge in [-0.1, -0.05) is 12.1 Å². The summed E-state index contributed by atoms with van der Waals surface area (Å²) in [4.78, 5) is 4.66. The predicted octanol–water partition coefficient (Wildman–Crippen LogP) is 4.55. The van der Waals surface area contributed by atoms with Crippen molar-refractivity contribution in [3.05, 3.63) is 65.0 Å². The zero-order valence-electron chi connectivity index (χ0n) is 11.4. The smallest absolute Gasteiger partial charge is 0.123 e. The van der Waals surface area contributed by atoms with Crippen LogP contribution in [0.2, 0.25) is 0 Å². The molecule has 4 aromatic rings. The minimum atomic E-state index is -0.226. The van der Waals surface area contributed by atoms with E-state index in [0.29, 0.717) is 6.54 Å². The van der Waals surface area contributed by atoms with Crippen LogP contribution in [0.1, 0.15) is 10.7 Å². The molecule has 2 nitrogen and oxygen atoms in total. The first-order chi connectivity index (χ1) is 10.2. The van der Waals surface area contributed by atoms with E-state index < -0.39 is 0 Å². The molecule has 21 heavy (non-hydrogen) atoms. The Balaban J connectivity index is 1.81. The second kappa shape index (κ2) is 4.67. The minimum Gasteiger partial charge on any atom is -0.337 e. The van der Waals surface area contributed by atoms with Gasteiger partial charge in [0.25, 0.3) is 0 Å². The van der Waals surface area contributed by atoms with Gasteiger partial charge in [0.05, 0.1) is 16.8 Å². The summed E-state index contributed by atoms with van der Waals surface area (Å²) in [5, 5.41) is 1.86. The first-order valence-electron chi connectivity index (χ1n) is 6.73. The average Bonchev–Trinajstić information content (AvgIpc) is 3.00. The normalized spacial score (nSPS) is 11.5. The topological polar surface area (TPSA) is 17.8 Å². The number of halogens is 1. The first-order valence-corrected chi connectivity index (χ1v) is 7.54. The third-order valence-corrected chi connectivity index (χ3v) is 4.62. The summed E-state index contributed by atoms with van der Waals surface area (Å²) in [7, 11) is 0. The Labute approximate surface area is 125 Å². The van der Waals surface area contributed by atoms with E-state index in [0.717, 1.165) is 27.1 Å². The number of hydrogen-bond acceptors (Lipinski definition) is 2.